The summed E-state index contributed by atoms with van der Waals surface area (Å²) in [7, 11) is 0. The Morgan fingerprint density at radius 1 is 1.03 bits per heavy atom. The maximum Gasteiger partial charge on any atom is 0.165 e. The summed E-state index contributed by atoms with van der Waals surface area (Å²) >= 11 is 0. The Morgan fingerprint density at radius 2 is 1.80 bits per heavy atom. The van der Waals surface area contributed by atoms with Crippen LogP contribution in [0.4, 0.5) is 10.2 Å². The zero-order chi connectivity index (χ0) is 24.7. The van der Waals surface area contributed by atoms with E-state index in [2.05, 4.69) is 11.9 Å². The van der Waals surface area contributed by atoms with Gasteiger partial charge in [-0.1, -0.05) is 19.1 Å². The summed E-state index contributed by atoms with van der Waals surface area (Å²) in [6, 6.07) is 19.4. The first kappa shape index (κ1) is 22.5. The summed E-state index contributed by atoms with van der Waals surface area (Å²) < 4.78 is 15.9. The fourth-order valence-corrected chi connectivity index (χ4v) is 4.01. The summed E-state index contributed by atoms with van der Waals surface area (Å²) in [6.07, 6.45) is 2.43. The van der Waals surface area contributed by atoms with Gasteiger partial charge >= 0.3 is 0 Å². The molecule has 3 heterocycles. The van der Waals surface area contributed by atoms with E-state index in [1.807, 2.05) is 47.9 Å². The fourth-order valence-electron chi connectivity index (χ4n) is 4.01. The average molecular weight is 469 g/mol. The van der Waals surface area contributed by atoms with Crippen molar-refractivity contribution in [2.45, 2.75) is 25.8 Å². The number of imidazole rings is 1. The van der Waals surface area contributed by atoms with Gasteiger partial charge in [-0.25, -0.2) is 19.3 Å². The molecule has 8 heteroatoms. The lowest BCUT2D eigenvalue weighted by molar-refractivity contribution is 0.432. The Hall–Kier alpha value is -4.30. The second kappa shape index (κ2) is 8.48. The van der Waals surface area contributed by atoms with E-state index in [1.165, 1.54) is 12.1 Å². The van der Waals surface area contributed by atoms with Crippen LogP contribution in [0.1, 0.15) is 25.8 Å². The first-order valence-corrected chi connectivity index (χ1v) is 11.3. The van der Waals surface area contributed by atoms with Crippen molar-refractivity contribution in [1.82, 2.24) is 19.5 Å². The molecule has 1 atom stereocenters. The van der Waals surface area contributed by atoms with Gasteiger partial charge in [0.05, 0.1) is 11.3 Å². The molecule has 1 unspecified atom stereocenters. The highest BCUT2D eigenvalue weighted by Gasteiger charge is 2.21. The lowest BCUT2D eigenvalue weighted by Gasteiger charge is -2.23. The number of halogens is 1. The van der Waals surface area contributed by atoms with Gasteiger partial charge in [-0.05, 0) is 73.5 Å². The second-order valence-corrected chi connectivity index (χ2v) is 8.73. The number of nitrogens with two attached hydrogens (primary N) is 2. The summed E-state index contributed by atoms with van der Waals surface area (Å²) in [4.78, 5) is 13.9. The van der Waals surface area contributed by atoms with Gasteiger partial charge in [0.15, 0.2) is 23.0 Å². The number of anilines is 1. The summed E-state index contributed by atoms with van der Waals surface area (Å²) in [6.45, 7) is 4.05. The molecule has 35 heavy (non-hydrogen) atoms. The summed E-state index contributed by atoms with van der Waals surface area (Å²) in [5.41, 5.74) is 17.0. The summed E-state index contributed by atoms with van der Waals surface area (Å²) in [5.74, 6) is -0.181. The molecule has 0 spiro atoms. The number of fused-ring (bicyclic) bond motifs is 1. The molecule has 0 bridgehead atoms. The molecule has 0 aliphatic heterocycles. The molecule has 0 fully saturated rings. The molecule has 176 valence electrons. The zero-order valence-electron chi connectivity index (χ0n) is 19.4. The van der Waals surface area contributed by atoms with Crippen LogP contribution in [0, 0.1) is 5.82 Å². The largest absolute Gasteiger partial charge is 0.505 e. The molecule has 5 aromatic rings. The number of aromatic nitrogens is 4. The molecule has 0 aliphatic carbocycles. The zero-order valence-corrected chi connectivity index (χ0v) is 19.4. The predicted molar refractivity (Wildman–Crippen MR) is 135 cm³/mol. The van der Waals surface area contributed by atoms with E-state index >= 15 is 0 Å². The van der Waals surface area contributed by atoms with Crippen molar-refractivity contribution in [2.75, 3.05) is 5.73 Å². The van der Waals surface area contributed by atoms with E-state index in [4.69, 9.17) is 21.4 Å². The minimum Gasteiger partial charge on any atom is -0.505 e. The standard InChI is InChI=1S/C27H25FN6O/c1-3-27(2,30)17-7-9-18(10-8-17)34-25(19-5-4-14-31-24(19)29)33-22-12-11-21(32-26(22)34)16-6-13-23(35)20(28)15-16/h4-15,35H,3,30H2,1-2H3,(H2,29,31). The highest BCUT2D eigenvalue weighted by molar-refractivity contribution is 5.84. The van der Waals surface area contributed by atoms with Gasteiger partial charge in [0, 0.05) is 23.0 Å². The maximum atomic E-state index is 14.0. The molecule has 5 rings (SSSR count). The number of pyridine rings is 2. The van der Waals surface area contributed by atoms with Gasteiger partial charge in [0.25, 0.3) is 0 Å². The molecule has 3 aromatic heterocycles. The van der Waals surface area contributed by atoms with Crippen LogP contribution < -0.4 is 11.5 Å². The monoisotopic (exact) mass is 468 g/mol. The van der Waals surface area contributed by atoms with Crippen molar-refractivity contribution in [3.8, 4) is 34.1 Å². The van der Waals surface area contributed by atoms with Crippen molar-refractivity contribution < 1.29 is 9.50 Å². The van der Waals surface area contributed by atoms with Crippen molar-refractivity contribution >= 4 is 17.0 Å². The summed E-state index contributed by atoms with van der Waals surface area (Å²) in [5, 5.41) is 9.57. The third kappa shape index (κ3) is 3.98. The van der Waals surface area contributed by atoms with E-state index in [0.29, 0.717) is 39.6 Å². The quantitative estimate of drug-likeness (QED) is 0.328. The Bertz CT molecular complexity index is 1540. The SMILES string of the molecule is CCC(C)(N)c1ccc(-n2c(-c3cccnc3N)nc3ccc(-c4ccc(O)c(F)c4)nc32)cc1. The van der Waals surface area contributed by atoms with Crippen LogP contribution in [0.15, 0.2) is 72.9 Å². The van der Waals surface area contributed by atoms with E-state index in [0.717, 1.165) is 17.7 Å². The Labute approximate surface area is 201 Å². The topological polar surface area (TPSA) is 116 Å². The fraction of sp³-hybridized carbons (Fsp3) is 0.148. The Morgan fingerprint density at radius 3 is 2.49 bits per heavy atom. The van der Waals surface area contributed by atoms with E-state index in [1.54, 1.807) is 24.4 Å². The van der Waals surface area contributed by atoms with Gasteiger partial charge in [-0.2, -0.15) is 0 Å². The first-order valence-electron chi connectivity index (χ1n) is 11.3. The number of rotatable bonds is 5. The lowest BCUT2D eigenvalue weighted by Crippen LogP contribution is -2.31. The normalized spacial score (nSPS) is 13.1. The third-order valence-corrected chi connectivity index (χ3v) is 6.35. The van der Waals surface area contributed by atoms with Crippen LogP contribution in [0.2, 0.25) is 0 Å². The molecule has 2 aromatic carbocycles. The van der Waals surface area contributed by atoms with Crippen molar-refractivity contribution in [3.05, 3.63) is 84.3 Å². The van der Waals surface area contributed by atoms with Gasteiger partial charge in [-0.3, -0.25) is 4.57 Å². The molecule has 0 amide bonds. The van der Waals surface area contributed by atoms with Gasteiger partial charge in [0.1, 0.15) is 11.3 Å². The molecule has 7 nitrogen and oxygen atoms in total. The number of phenols is 1. The number of aromatic hydroxyl groups is 1. The second-order valence-electron chi connectivity index (χ2n) is 8.73. The smallest absolute Gasteiger partial charge is 0.165 e. The van der Waals surface area contributed by atoms with Crippen LogP contribution in [0.3, 0.4) is 0 Å². The van der Waals surface area contributed by atoms with Crippen molar-refractivity contribution in [3.63, 3.8) is 0 Å². The number of benzene rings is 2. The number of hydrogen-bond acceptors (Lipinski definition) is 6. The number of hydrogen-bond donors (Lipinski definition) is 3. The van der Waals surface area contributed by atoms with E-state index in [9.17, 15) is 9.50 Å². The molecule has 5 N–H and O–H groups in total. The minimum absolute atomic E-state index is 0.349. The maximum absolute atomic E-state index is 14.0. The molecular formula is C27H25FN6O. The van der Waals surface area contributed by atoms with Crippen LogP contribution in [-0.2, 0) is 5.54 Å². The minimum atomic E-state index is -0.710. The van der Waals surface area contributed by atoms with E-state index < -0.39 is 17.1 Å². The van der Waals surface area contributed by atoms with Crippen molar-refractivity contribution in [2.24, 2.45) is 5.73 Å². The van der Waals surface area contributed by atoms with Crippen LogP contribution >= 0.6 is 0 Å². The highest BCUT2D eigenvalue weighted by atomic mass is 19.1. The highest BCUT2D eigenvalue weighted by Crippen LogP contribution is 2.33. The van der Waals surface area contributed by atoms with Crippen molar-refractivity contribution in [1.29, 1.82) is 0 Å². The molecule has 0 radical (unpaired) electrons. The lowest BCUT2D eigenvalue weighted by atomic mass is 9.90. The Balaban J connectivity index is 1.74. The Kier molecular flexibility index (Phi) is 5.45. The van der Waals surface area contributed by atoms with Crippen LogP contribution in [0.25, 0.3) is 39.5 Å². The van der Waals surface area contributed by atoms with Gasteiger partial charge in [0.2, 0.25) is 0 Å². The third-order valence-electron chi connectivity index (χ3n) is 6.35. The van der Waals surface area contributed by atoms with Crippen LogP contribution in [-0.4, -0.2) is 24.6 Å². The van der Waals surface area contributed by atoms with Gasteiger partial charge < -0.3 is 16.6 Å². The van der Waals surface area contributed by atoms with Crippen LogP contribution in [0.5, 0.6) is 5.75 Å². The average Bonchev–Trinajstić information content (AvgIpc) is 3.24. The predicted octanol–water partition coefficient (Wildman–Crippen LogP) is 5.16. The molecule has 0 saturated heterocycles. The number of nitrogen functional groups attached to an aromatic ring is 1. The molecular weight excluding hydrogens is 443 g/mol. The van der Waals surface area contributed by atoms with Gasteiger partial charge in [-0.15, -0.1) is 0 Å². The number of nitrogens with zero attached hydrogens (tertiary/aromatic N) is 4. The molecule has 0 aliphatic rings. The van der Waals surface area contributed by atoms with E-state index in [-0.39, 0.29) is 0 Å². The first-order chi connectivity index (χ1) is 16.8. The molecule has 0 saturated carbocycles. The number of phenolic OH excluding ortho intramolecular Hbond substituents is 1.